The summed E-state index contributed by atoms with van der Waals surface area (Å²) in [6.07, 6.45) is 5.19. The molecular formula is C15H18ClFN2. The molecule has 0 aliphatic rings. The van der Waals surface area contributed by atoms with Gasteiger partial charge in [-0.05, 0) is 42.8 Å². The molecule has 0 saturated heterocycles. The smallest absolute Gasteiger partial charge is 0.141 e. The van der Waals surface area contributed by atoms with Gasteiger partial charge in [-0.3, -0.25) is 0 Å². The van der Waals surface area contributed by atoms with Crippen molar-refractivity contribution < 1.29 is 4.39 Å². The van der Waals surface area contributed by atoms with Crippen LogP contribution < -0.4 is 5.32 Å². The molecular weight excluding hydrogens is 263 g/mol. The van der Waals surface area contributed by atoms with Crippen LogP contribution in [0, 0.1) is 5.82 Å². The van der Waals surface area contributed by atoms with Crippen molar-refractivity contribution in [2.45, 2.75) is 25.9 Å². The van der Waals surface area contributed by atoms with E-state index in [1.807, 2.05) is 13.2 Å². The Morgan fingerprint density at radius 3 is 2.79 bits per heavy atom. The van der Waals surface area contributed by atoms with Crippen LogP contribution in [0.5, 0.6) is 0 Å². The average molecular weight is 281 g/mol. The van der Waals surface area contributed by atoms with Crippen LogP contribution >= 0.6 is 11.6 Å². The van der Waals surface area contributed by atoms with E-state index in [2.05, 4.69) is 29.1 Å². The first-order valence-corrected chi connectivity index (χ1v) is 6.78. The molecule has 19 heavy (non-hydrogen) atoms. The van der Waals surface area contributed by atoms with Gasteiger partial charge >= 0.3 is 0 Å². The first-order chi connectivity index (χ1) is 9.13. The second kappa shape index (κ2) is 6.22. The van der Waals surface area contributed by atoms with Crippen LogP contribution in [0.2, 0.25) is 5.02 Å². The van der Waals surface area contributed by atoms with Crippen molar-refractivity contribution in [3.8, 4) is 0 Å². The third-order valence-electron chi connectivity index (χ3n) is 3.28. The third-order valence-corrected chi connectivity index (χ3v) is 3.57. The van der Waals surface area contributed by atoms with Gasteiger partial charge in [0, 0.05) is 25.0 Å². The Labute approximate surface area is 118 Å². The molecule has 0 spiro atoms. The van der Waals surface area contributed by atoms with Crippen molar-refractivity contribution in [2.75, 3.05) is 7.05 Å². The van der Waals surface area contributed by atoms with E-state index in [1.54, 1.807) is 12.1 Å². The van der Waals surface area contributed by atoms with Gasteiger partial charge in [-0.1, -0.05) is 24.6 Å². The topological polar surface area (TPSA) is 17.0 Å². The molecule has 1 aromatic carbocycles. The predicted octanol–water partition coefficient (Wildman–Crippen LogP) is 4.00. The minimum Gasteiger partial charge on any atom is -0.350 e. The Balaban J connectivity index is 2.13. The monoisotopic (exact) mass is 280 g/mol. The van der Waals surface area contributed by atoms with Gasteiger partial charge in [0.2, 0.25) is 0 Å². The van der Waals surface area contributed by atoms with Gasteiger partial charge in [0.15, 0.2) is 0 Å². The summed E-state index contributed by atoms with van der Waals surface area (Å²) in [5, 5.41) is 3.45. The fraction of sp³-hybridized carbons (Fsp3) is 0.333. The highest BCUT2D eigenvalue weighted by Gasteiger charge is 2.08. The fourth-order valence-electron chi connectivity index (χ4n) is 2.22. The molecule has 1 N–H and O–H groups in total. The highest BCUT2D eigenvalue weighted by molar-refractivity contribution is 6.30. The van der Waals surface area contributed by atoms with E-state index >= 15 is 0 Å². The summed E-state index contributed by atoms with van der Waals surface area (Å²) >= 11 is 5.79. The molecule has 0 saturated carbocycles. The molecule has 0 bridgehead atoms. The number of hydrogen-bond donors (Lipinski definition) is 1. The number of nitrogens with zero attached hydrogens (tertiary/aromatic N) is 1. The quantitative estimate of drug-likeness (QED) is 0.876. The third kappa shape index (κ3) is 3.37. The van der Waals surface area contributed by atoms with E-state index in [1.165, 1.54) is 11.6 Å². The van der Waals surface area contributed by atoms with Gasteiger partial charge in [-0.15, -0.1) is 0 Å². The average Bonchev–Trinajstić information content (AvgIpc) is 2.84. The van der Waals surface area contributed by atoms with Crippen LogP contribution in [0.25, 0.3) is 0 Å². The highest BCUT2D eigenvalue weighted by Crippen LogP contribution is 2.19. The predicted molar refractivity (Wildman–Crippen MR) is 77.0 cm³/mol. The van der Waals surface area contributed by atoms with Gasteiger partial charge in [0.05, 0.1) is 5.02 Å². The maximum atomic E-state index is 13.1. The van der Waals surface area contributed by atoms with Gasteiger partial charge in [0.1, 0.15) is 5.82 Å². The van der Waals surface area contributed by atoms with E-state index in [0.717, 1.165) is 12.0 Å². The molecule has 2 nitrogen and oxygen atoms in total. The number of nitrogens with one attached hydrogen (secondary N) is 1. The fourth-order valence-corrected chi connectivity index (χ4v) is 2.42. The minimum atomic E-state index is -0.375. The molecule has 0 radical (unpaired) electrons. The molecule has 1 heterocycles. The molecule has 1 atom stereocenters. The molecule has 0 aliphatic heterocycles. The van der Waals surface area contributed by atoms with Crippen LogP contribution in [0.15, 0.2) is 36.7 Å². The molecule has 0 fully saturated rings. The zero-order valence-electron chi connectivity index (χ0n) is 11.2. The van der Waals surface area contributed by atoms with Crippen molar-refractivity contribution in [2.24, 2.45) is 0 Å². The summed E-state index contributed by atoms with van der Waals surface area (Å²) in [7, 11) is 1.96. The number of halogens is 2. The SMILES string of the molecule is CCC(NC)c1ccn(Cc2ccc(F)c(Cl)c2)c1. The summed E-state index contributed by atoms with van der Waals surface area (Å²) < 4.78 is 15.2. The Morgan fingerprint density at radius 2 is 2.16 bits per heavy atom. The molecule has 4 heteroatoms. The summed E-state index contributed by atoms with van der Waals surface area (Å²) in [5.41, 5.74) is 2.25. The van der Waals surface area contributed by atoms with Crippen LogP contribution in [0.3, 0.4) is 0 Å². The van der Waals surface area contributed by atoms with Crippen molar-refractivity contribution in [1.29, 1.82) is 0 Å². The Kier molecular flexibility index (Phi) is 4.61. The summed E-state index contributed by atoms with van der Waals surface area (Å²) in [5.74, 6) is -0.375. The Bertz CT molecular complexity index is 547. The normalized spacial score (nSPS) is 12.6. The highest BCUT2D eigenvalue weighted by atomic mass is 35.5. The standard InChI is InChI=1S/C15H18ClFN2/c1-3-15(18-2)12-6-7-19(10-12)9-11-4-5-14(17)13(16)8-11/h4-8,10,15,18H,3,9H2,1-2H3. The molecule has 1 unspecified atom stereocenters. The first-order valence-electron chi connectivity index (χ1n) is 6.41. The van der Waals surface area contributed by atoms with E-state index in [4.69, 9.17) is 11.6 Å². The van der Waals surface area contributed by atoms with Crippen molar-refractivity contribution in [1.82, 2.24) is 9.88 Å². The number of aromatic nitrogens is 1. The lowest BCUT2D eigenvalue weighted by Gasteiger charge is -2.11. The maximum Gasteiger partial charge on any atom is 0.141 e. The van der Waals surface area contributed by atoms with E-state index in [-0.39, 0.29) is 10.8 Å². The van der Waals surface area contributed by atoms with E-state index < -0.39 is 0 Å². The molecule has 0 amide bonds. The van der Waals surface area contributed by atoms with Crippen LogP contribution in [-0.4, -0.2) is 11.6 Å². The number of hydrogen-bond acceptors (Lipinski definition) is 1. The summed E-state index contributed by atoms with van der Waals surface area (Å²) in [6.45, 7) is 2.85. The Morgan fingerprint density at radius 1 is 1.37 bits per heavy atom. The van der Waals surface area contributed by atoms with Crippen LogP contribution in [0.4, 0.5) is 4.39 Å². The Hall–Kier alpha value is -1.32. The summed E-state index contributed by atoms with van der Waals surface area (Å²) in [6, 6.07) is 7.32. The zero-order valence-corrected chi connectivity index (χ0v) is 11.9. The minimum absolute atomic E-state index is 0.173. The van der Waals surface area contributed by atoms with E-state index in [9.17, 15) is 4.39 Å². The lowest BCUT2D eigenvalue weighted by Crippen LogP contribution is -2.14. The second-order valence-corrected chi connectivity index (χ2v) is 5.02. The largest absolute Gasteiger partial charge is 0.350 e. The first kappa shape index (κ1) is 14.1. The van der Waals surface area contributed by atoms with Crippen molar-refractivity contribution in [3.63, 3.8) is 0 Å². The molecule has 1 aromatic heterocycles. The molecule has 2 aromatic rings. The van der Waals surface area contributed by atoms with Gasteiger partial charge in [-0.2, -0.15) is 0 Å². The van der Waals surface area contributed by atoms with Gasteiger partial charge in [0.25, 0.3) is 0 Å². The maximum absolute atomic E-state index is 13.1. The number of benzene rings is 1. The molecule has 0 aliphatic carbocycles. The van der Waals surface area contributed by atoms with Crippen LogP contribution in [-0.2, 0) is 6.54 Å². The van der Waals surface area contributed by atoms with Gasteiger partial charge < -0.3 is 9.88 Å². The van der Waals surface area contributed by atoms with Crippen molar-refractivity contribution >= 4 is 11.6 Å². The van der Waals surface area contributed by atoms with Crippen LogP contribution in [0.1, 0.15) is 30.5 Å². The molecule has 2 rings (SSSR count). The number of rotatable bonds is 5. The summed E-state index contributed by atoms with van der Waals surface area (Å²) in [4.78, 5) is 0. The molecule has 102 valence electrons. The zero-order chi connectivity index (χ0) is 13.8. The lowest BCUT2D eigenvalue weighted by molar-refractivity contribution is 0.575. The van der Waals surface area contributed by atoms with Crippen molar-refractivity contribution in [3.05, 3.63) is 58.6 Å². The lowest BCUT2D eigenvalue weighted by atomic mass is 10.1. The second-order valence-electron chi connectivity index (χ2n) is 4.62. The van der Waals surface area contributed by atoms with E-state index in [0.29, 0.717) is 12.6 Å². The van der Waals surface area contributed by atoms with Gasteiger partial charge in [-0.25, -0.2) is 4.39 Å².